The molecule has 0 radical (unpaired) electrons. The summed E-state index contributed by atoms with van der Waals surface area (Å²) in [5.41, 5.74) is 1.80. The Balaban J connectivity index is 2.28. The SMILES string of the molecule is C=C(C)CN(CC)C(=O)c1sc(-c2cccs2)nc1C. The van der Waals surface area contributed by atoms with Crippen LogP contribution >= 0.6 is 22.7 Å². The van der Waals surface area contributed by atoms with Crippen LogP contribution in [0.2, 0.25) is 0 Å². The van der Waals surface area contributed by atoms with Crippen molar-refractivity contribution in [3.8, 4) is 9.88 Å². The van der Waals surface area contributed by atoms with Crippen LogP contribution in [0.1, 0.15) is 29.2 Å². The lowest BCUT2D eigenvalue weighted by atomic mass is 10.3. The second kappa shape index (κ2) is 6.33. The molecule has 20 heavy (non-hydrogen) atoms. The van der Waals surface area contributed by atoms with Crippen LogP contribution in [0.25, 0.3) is 9.88 Å². The van der Waals surface area contributed by atoms with Gasteiger partial charge in [0.1, 0.15) is 9.88 Å². The highest BCUT2D eigenvalue weighted by molar-refractivity contribution is 7.22. The fourth-order valence-corrected chi connectivity index (χ4v) is 3.73. The van der Waals surface area contributed by atoms with Gasteiger partial charge in [0, 0.05) is 13.1 Å². The lowest BCUT2D eigenvalue weighted by molar-refractivity contribution is 0.0782. The number of rotatable bonds is 5. The number of aryl methyl sites for hydroxylation is 1. The number of nitrogens with zero attached hydrogens (tertiary/aromatic N) is 2. The summed E-state index contributed by atoms with van der Waals surface area (Å²) in [6.07, 6.45) is 0. The Morgan fingerprint density at radius 3 is 2.80 bits per heavy atom. The van der Waals surface area contributed by atoms with Gasteiger partial charge in [-0.3, -0.25) is 4.79 Å². The van der Waals surface area contributed by atoms with Gasteiger partial charge in [-0.05, 0) is 32.2 Å². The first kappa shape index (κ1) is 14.9. The maximum absolute atomic E-state index is 12.6. The summed E-state index contributed by atoms with van der Waals surface area (Å²) in [4.78, 5) is 20.8. The molecule has 0 saturated carbocycles. The van der Waals surface area contributed by atoms with Gasteiger partial charge in [-0.15, -0.1) is 22.7 Å². The molecule has 0 aliphatic heterocycles. The van der Waals surface area contributed by atoms with Crippen LogP contribution in [0.5, 0.6) is 0 Å². The molecule has 2 aromatic heterocycles. The van der Waals surface area contributed by atoms with Gasteiger partial charge in [-0.25, -0.2) is 4.98 Å². The predicted molar refractivity (Wildman–Crippen MR) is 86.6 cm³/mol. The quantitative estimate of drug-likeness (QED) is 0.775. The van der Waals surface area contributed by atoms with Crippen molar-refractivity contribution in [3.05, 3.63) is 40.2 Å². The number of aromatic nitrogens is 1. The highest BCUT2D eigenvalue weighted by Gasteiger charge is 2.21. The Morgan fingerprint density at radius 2 is 2.25 bits per heavy atom. The third kappa shape index (κ3) is 3.16. The number of hydrogen-bond donors (Lipinski definition) is 0. The average molecular weight is 306 g/mol. The highest BCUT2D eigenvalue weighted by atomic mass is 32.1. The average Bonchev–Trinajstić information content (AvgIpc) is 3.03. The van der Waals surface area contributed by atoms with Gasteiger partial charge >= 0.3 is 0 Å². The van der Waals surface area contributed by atoms with Gasteiger partial charge in [-0.1, -0.05) is 18.2 Å². The molecule has 2 aromatic rings. The highest BCUT2D eigenvalue weighted by Crippen LogP contribution is 2.31. The van der Waals surface area contributed by atoms with E-state index in [2.05, 4.69) is 11.6 Å². The van der Waals surface area contributed by atoms with Gasteiger partial charge in [0.05, 0.1) is 10.6 Å². The molecule has 1 amide bonds. The molecular weight excluding hydrogens is 288 g/mol. The molecule has 0 spiro atoms. The fraction of sp³-hybridized carbons (Fsp3) is 0.333. The molecule has 0 N–H and O–H groups in total. The van der Waals surface area contributed by atoms with E-state index in [0.29, 0.717) is 13.1 Å². The first-order valence-electron chi connectivity index (χ1n) is 6.48. The Labute approximate surface area is 127 Å². The first-order valence-corrected chi connectivity index (χ1v) is 8.17. The predicted octanol–water partition coefficient (Wildman–Crippen LogP) is 4.22. The number of carbonyl (C=O) groups is 1. The van der Waals surface area contributed by atoms with Crippen molar-refractivity contribution >= 4 is 28.6 Å². The Kier molecular flexibility index (Phi) is 4.73. The summed E-state index contributed by atoms with van der Waals surface area (Å²) in [7, 11) is 0. The van der Waals surface area contributed by atoms with E-state index in [1.807, 2.05) is 38.3 Å². The maximum Gasteiger partial charge on any atom is 0.266 e. The summed E-state index contributed by atoms with van der Waals surface area (Å²) < 4.78 is 0. The van der Waals surface area contributed by atoms with E-state index < -0.39 is 0 Å². The molecule has 2 heterocycles. The van der Waals surface area contributed by atoms with Crippen molar-refractivity contribution < 1.29 is 4.79 Å². The van der Waals surface area contributed by atoms with E-state index in [1.165, 1.54) is 11.3 Å². The van der Waals surface area contributed by atoms with E-state index in [1.54, 1.807) is 16.2 Å². The molecule has 0 unspecified atom stereocenters. The summed E-state index contributed by atoms with van der Waals surface area (Å²) in [6.45, 7) is 11.0. The molecule has 0 fully saturated rings. The normalized spacial score (nSPS) is 10.6. The standard InChI is InChI=1S/C15H18N2OS2/c1-5-17(9-10(2)3)15(18)13-11(4)16-14(20-13)12-7-6-8-19-12/h6-8H,2,5,9H2,1,3-4H3. The minimum atomic E-state index is 0.0494. The molecule has 0 aliphatic rings. The third-order valence-electron chi connectivity index (χ3n) is 2.85. The van der Waals surface area contributed by atoms with Crippen LogP contribution in [0.15, 0.2) is 29.7 Å². The molecule has 0 aromatic carbocycles. The molecular formula is C15H18N2OS2. The van der Waals surface area contributed by atoms with E-state index >= 15 is 0 Å². The molecule has 2 rings (SSSR count). The summed E-state index contributed by atoms with van der Waals surface area (Å²) in [5, 5.41) is 2.94. The van der Waals surface area contributed by atoms with Gasteiger partial charge in [0.15, 0.2) is 0 Å². The molecule has 0 saturated heterocycles. The zero-order valence-corrected chi connectivity index (χ0v) is 13.6. The van der Waals surface area contributed by atoms with Gasteiger partial charge in [0.2, 0.25) is 0 Å². The molecule has 0 aliphatic carbocycles. The number of amides is 1. The second-order valence-corrected chi connectivity index (χ2v) is 6.63. The summed E-state index contributed by atoms with van der Waals surface area (Å²) in [6, 6.07) is 4.03. The molecule has 5 heteroatoms. The maximum atomic E-state index is 12.6. The number of likely N-dealkylation sites (N-methyl/N-ethyl adjacent to an activating group) is 1. The monoisotopic (exact) mass is 306 g/mol. The molecule has 0 bridgehead atoms. The van der Waals surface area contributed by atoms with Gasteiger partial charge < -0.3 is 4.90 Å². The van der Waals surface area contributed by atoms with E-state index in [4.69, 9.17) is 0 Å². The van der Waals surface area contributed by atoms with Crippen LogP contribution in [0.3, 0.4) is 0 Å². The smallest absolute Gasteiger partial charge is 0.266 e. The van der Waals surface area contributed by atoms with Crippen LogP contribution in [0, 0.1) is 6.92 Å². The number of hydrogen-bond acceptors (Lipinski definition) is 4. The molecule has 106 valence electrons. The Hall–Kier alpha value is -1.46. The second-order valence-electron chi connectivity index (χ2n) is 4.69. The van der Waals surface area contributed by atoms with Crippen molar-refractivity contribution in [2.75, 3.05) is 13.1 Å². The zero-order chi connectivity index (χ0) is 14.7. The van der Waals surface area contributed by atoms with Crippen molar-refractivity contribution in [3.63, 3.8) is 0 Å². The third-order valence-corrected chi connectivity index (χ3v) is 5.04. The lowest BCUT2D eigenvalue weighted by Crippen LogP contribution is -2.32. The van der Waals surface area contributed by atoms with E-state index in [0.717, 1.165) is 26.0 Å². The molecule has 0 atom stereocenters. The van der Waals surface area contributed by atoms with Crippen molar-refractivity contribution in [2.24, 2.45) is 0 Å². The Bertz CT molecular complexity index is 614. The Morgan fingerprint density at radius 1 is 1.50 bits per heavy atom. The van der Waals surface area contributed by atoms with Crippen molar-refractivity contribution in [2.45, 2.75) is 20.8 Å². The van der Waals surface area contributed by atoms with Gasteiger partial charge in [-0.2, -0.15) is 0 Å². The lowest BCUT2D eigenvalue weighted by Gasteiger charge is -2.20. The summed E-state index contributed by atoms with van der Waals surface area (Å²) >= 11 is 3.12. The topological polar surface area (TPSA) is 33.2 Å². The first-order chi connectivity index (χ1) is 9.52. The number of thiophene rings is 1. The summed E-state index contributed by atoms with van der Waals surface area (Å²) in [5.74, 6) is 0.0494. The van der Waals surface area contributed by atoms with Crippen LogP contribution in [0.4, 0.5) is 0 Å². The minimum Gasteiger partial charge on any atom is -0.334 e. The van der Waals surface area contributed by atoms with Crippen LogP contribution in [-0.4, -0.2) is 28.9 Å². The van der Waals surface area contributed by atoms with Crippen LogP contribution in [-0.2, 0) is 0 Å². The van der Waals surface area contributed by atoms with Crippen LogP contribution < -0.4 is 0 Å². The van der Waals surface area contributed by atoms with E-state index in [-0.39, 0.29) is 5.91 Å². The molecule has 3 nitrogen and oxygen atoms in total. The largest absolute Gasteiger partial charge is 0.334 e. The fourth-order valence-electron chi connectivity index (χ4n) is 1.90. The van der Waals surface area contributed by atoms with E-state index in [9.17, 15) is 4.79 Å². The van der Waals surface area contributed by atoms with Gasteiger partial charge in [0.25, 0.3) is 5.91 Å². The number of thiazole rings is 1. The minimum absolute atomic E-state index is 0.0494. The zero-order valence-electron chi connectivity index (χ0n) is 12.0. The van der Waals surface area contributed by atoms with Crippen molar-refractivity contribution in [1.82, 2.24) is 9.88 Å². The van der Waals surface area contributed by atoms with Crippen molar-refractivity contribution in [1.29, 1.82) is 0 Å². The number of carbonyl (C=O) groups excluding carboxylic acids is 1.